The molecule has 33 heavy (non-hydrogen) atoms. The van der Waals surface area contributed by atoms with E-state index in [4.69, 9.17) is 14.9 Å². The number of carbonyl (C=O) groups is 2. The van der Waals surface area contributed by atoms with E-state index in [1.807, 2.05) is 0 Å². The SMILES string of the molecule is CC(C)(C)OC(=O)c1cccc(-c2cc3c(C(=O)O)c(-c4ccc(F)cc4)oc3cc2N)c1. The molecule has 3 aromatic carbocycles. The summed E-state index contributed by atoms with van der Waals surface area (Å²) in [7, 11) is 0. The molecule has 6 nitrogen and oxygen atoms in total. The van der Waals surface area contributed by atoms with E-state index in [2.05, 4.69) is 0 Å². The minimum absolute atomic E-state index is 0.0545. The van der Waals surface area contributed by atoms with Crippen LogP contribution in [0.15, 0.2) is 65.1 Å². The van der Waals surface area contributed by atoms with Gasteiger partial charge in [-0.1, -0.05) is 12.1 Å². The smallest absolute Gasteiger partial charge is 0.340 e. The Morgan fingerprint density at radius 3 is 2.33 bits per heavy atom. The van der Waals surface area contributed by atoms with Gasteiger partial charge in [-0.05, 0) is 68.8 Å². The quantitative estimate of drug-likeness (QED) is 0.288. The minimum Gasteiger partial charge on any atom is -0.478 e. The molecule has 0 aliphatic heterocycles. The Morgan fingerprint density at radius 2 is 1.70 bits per heavy atom. The van der Waals surface area contributed by atoms with E-state index in [-0.39, 0.29) is 16.9 Å². The molecule has 1 aromatic heterocycles. The minimum atomic E-state index is -1.19. The standard InChI is InChI=1S/C26H22FNO5/c1-26(2,3)33-25(31)16-6-4-5-15(11-16)18-12-19-21(13-20(18)28)32-23(22(19)24(29)30)14-7-9-17(27)10-8-14/h4-13H,28H2,1-3H3,(H,29,30). The molecule has 0 fully saturated rings. The first kappa shape index (κ1) is 22.1. The van der Waals surface area contributed by atoms with E-state index >= 15 is 0 Å². The van der Waals surface area contributed by atoms with Crippen LogP contribution in [-0.4, -0.2) is 22.6 Å². The molecular weight excluding hydrogens is 425 g/mol. The predicted molar refractivity (Wildman–Crippen MR) is 124 cm³/mol. The third-order valence-corrected chi connectivity index (χ3v) is 4.99. The van der Waals surface area contributed by atoms with Crippen molar-refractivity contribution in [1.82, 2.24) is 0 Å². The lowest BCUT2D eigenvalue weighted by molar-refractivity contribution is 0.00693. The maximum absolute atomic E-state index is 13.3. The normalized spacial score (nSPS) is 11.5. The lowest BCUT2D eigenvalue weighted by Crippen LogP contribution is -2.23. The number of nitrogen functional groups attached to an aromatic ring is 1. The van der Waals surface area contributed by atoms with E-state index in [0.717, 1.165) is 0 Å². The van der Waals surface area contributed by atoms with E-state index in [0.29, 0.717) is 33.3 Å². The molecule has 4 rings (SSSR count). The van der Waals surface area contributed by atoms with Gasteiger partial charge in [0, 0.05) is 28.3 Å². The number of carboxylic acids is 1. The first-order chi connectivity index (χ1) is 15.5. The van der Waals surface area contributed by atoms with Gasteiger partial charge in [-0.15, -0.1) is 0 Å². The van der Waals surface area contributed by atoms with Crippen LogP contribution >= 0.6 is 0 Å². The van der Waals surface area contributed by atoms with Gasteiger partial charge >= 0.3 is 11.9 Å². The van der Waals surface area contributed by atoms with Crippen molar-refractivity contribution in [3.8, 4) is 22.5 Å². The molecule has 0 spiro atoms. The monoisotopic (exact) mass is 447 g/mol. The number of benzene rings is 3. The number of aromatic carboxylic acids is 1. The summed E-state index contributed by atoms with van der Waals surface area (Å²) >= 11 is 0. The van der Waals surface area contributed by atoms with E-state index in [1.165, 1.54) is 24.3 Å². The number of rotatable bonds is 4. The summed E-state index contributed by atoms with van der Waals surface area (Å²) in [6.45, 7) is 5.35. The second kappa shape index (κ2) is 8.09. The summed E-state index contributed by atoms with van der Waals surface area (Å²) in [5.74, 6) is -2.00. The van der Waals surface area contributed by atoms with Crippen molar-refractivity contribution in [2.24, 2.45) is 0 Å². The summed E-state index contributed by atoms with van der Waals surface area (Å²) < 4.78 is 24.6. The Bertz CT molecular complexity index is 1380. The number of fused-ring (bicyclic) bond motifs is 1. The molecule has 0 saturated carbocycles. The van der Waals surface area contributed by atoms with Crippen molar-refractivity contribution in [1.29, 1.82) is 0 Å². The topological polar surface area (TPSA) is 103 Å². The van der Waals surface area contributed by atoms with E-state index < -0.39 is 23.4 Å². The third-order valence-electron chi connectivity index (χ3n) is 4.99. The van der Waals surface area contributed by atoms with Crippen molar-refractivity contribution in [3.05, 3.63) is 77.6 Å². The highest BCUT2D eigenvalue weighted by Gasteiger charge is 2.24. The van der Waals surface area contributed by atoms with Crippen molar-refractivity contribution >= 4 is 28.6 Å². The first-order valence-corrected chi connectivity index (χ1v) is 10.2. The number of hydrogen-bond acceptors (Lipinski definition) is 5. The van der Waals surface area contributed by atoms with Crippen LogP contribution < -0.4 is 5.73 Å². The molecule has 0 bridgehead atoms. The predicted octanol–water partition coefficient (Wildman–Crippen LogP) is 6.14. The highest BCUT2D eigenvalue weighted by molar-refractivity contribution is 6.10. The lowest BCUT2D eigenvalue weighted by atomic mass is 9.98. The number of carbonyl (C=O) groups excluding carboxylic acids is 1. The number of halogens is 1. The molecule has 0 aliphatic carbocycles. The maximum atomic E-state index is 13.3. The molecule has 0 atom stereocenters. The maximum Gasteiger partial charge on any atom is 0.340 e. The molecule has 3 N–H and O–H groups in total. The second-order valence-electron chi connectivity index (χ2n) is 8.64. The van der Waals surface area contributed by atoms with Gasteiger partial charge in [-0.25, -0.2) is 14.0 Å². The van der Waals surface area contributed by atoms with Crippen LogP contribution in [0, 0.1) is 5.82 Å². The average Bonchev–Trinajstić information content (AvgIpc) is 3.11. The summed E-state index contributed by atoms with van der Waals surface area (Å²) in [5.41, 5.74) is 8.15. The van der Waals surface area contributed by atoms with Gasteiger partial charge in [0.1, 0.15) is 28.3 Å². The largest absolute Gasteiger partial charge is 0.478 e. The molecule has 1 heterocycles. The Morgan fingerprint density at radius 1 is 1.00 bits per heavy atom. The van der Waals surface area contributed by atoms with Crippen molar-refractivity contribution < 1.29 is 28.2 Å². The zero-order chi connectivity index (χ0) is 23.9. The summed E-state index contributed by atoms with van der Waals surface area (Å²) in [4.78, 5) is 24.6. The van der Waals surface area contributed by atoms with Gasteiger partial charge in [0.25, 0.3) is 0 Å². The van der Waals surface area contributed by atoms with Crippen LogP contribution in [0.5, 0.6) is 0 Å². The van der Waals surface area contributed by atoms with Crippen LogP contribution in [0.2, 0.25) is 0 Å². The van der Waals surface area contributed by atoms with E-state index in [1.54, 1.807) is 57.2 Å². The Balaban J connectivity index is 1.85. The van der Waals surface area contributed by atoms with Gasteiger partial charge in [-0.3, -0.25) is 0 Å². The number of nitrogens with two attached hydrogens (primary N) is 1. The summed E-state index contributed by atoms with van der Waals surface area (Å²) in [6.07, 6.45) is 0. The molecule has 0 saturated heterocycles. The van der Waals surface area contributed by atoms with Gasteiger partial charge in [-0.2, -0.15) is 0 Å². The average molecular weight is 447 g/mol. The molecule has 0 radical (unpaired) electrons. The van der Waals surface area contributed by atoms with Crippen molar-refractivity contribution in [3.63, 3.8) is 0 Å². The molecular formula is C26H22FNO5. The van der Waals surface area contributed by atoms with Gasteiger partial charge in [0.2, 0.25) is 0 Å². The van der Waals surface area contributed by atoms with Gasteiger partial charge < -0.3 is 20.0 Å². The van der Waals surface area contributed by atoms with Crippen LogP contribution in [0.25, 0.3) is 33.4 Å². The number of carboxylic acid groups (broad SMARTS) is 1. The summed E-state index contributed by atoms with van der Waals surface area (Å²) in [5, 5.41) is 10.2. The fourth-order valence-corrected chi connectivity index (χ4v) is 3.58. The second-order valence-corrected chi connectivity index (χ2v) is 8.64. The Hall–Kier alpha value is -4.13. The molecule has 4 aromatic rings. The van der Waals surface area contributed by atoms with Crippen molar-refractivity contribution in [2.75, 3.05) is 5.73 Å². The Labute approximate surface area is 189 Å². The zero-order valence-electron chi connectivity index (χ0n) is 18.3. The number of hydrogen-bond donors (Lipinski definition) is 2. The highest BCUT2D eigenvalue weighted by Crippen LogP contribution is 2.39. The molecule has 0 unspecified atom stereocenters. The number of furan rings is 1. The number of anilines is 1. The highest BCUT2D eigenvalue weighted by atomic mass is 19.1. The fraction of sp³-hybridized carbons (Fsp3) is 0.154. The Kier molecular flexibility index (Phi) is 5.41. The van der Waals surface area contributed by atoms with Gasteiger partial charge in [0.05, 0.1) is 5.56 Å². The first-order valence-electron chi connectivity index (χ1n) is 10.2. The van der Waals surface area contributed by atoms with E-state index in [9.17, 15) is 19.1 Å². The molecule has 0 aliphatic rings. The van der Waals surface area contributed by atoms with Crippen LogP contribution in [0.1, 0.15) is 41.5 Å². The fourth-order valence-electron chi connectivity index (χ4n) is 3.58. The molecule has 0 amide bonds. The number of ether oxygens (including phenoxy) is 1. The van der Waals surface area contributed by atoms with Crippen LogP contribution in [0.4, 0.5) is 10.1 Å². The zero-order valence-corrected chi connectivity index (χ0v) is 18.3. The van der Waals surface area contributed by atoms with Crippen molar-refractivity contribution in [2.45, 2.75) is 26.4 Å². The molecule has 168 valence electrons. The number of esters is 1. The summed E-state index contributed by atoms with van der Waals surface area (Å²) in [6, 6.07) is 15.3. The lowest BCUT2D eigenvalue weighted by Gasteiger charge is -2.19. The van der Waals surface area contributed by atoms with Crippen LogP contribution in [-0.2, 0) is 4.74 Å². The molecule has 7 heteroatoms. The van der Waals surface area contributed by atoms with Crippen LogP contribution in [0.3, 0.4) is 0 Å². The van der Waals surface area contributed by atoms with Gasteiger partial charge in [0.15, 0.2) is 0 Å². The third kappa shape index (κ3) is 4.43.